The lowest BCUT2D eigenvalue weighted by atomic mass is 10.1. The van der Waals surface area contributed by atoms with Crippen LogP contribution < -0.4 is 5.56 Å². The number of aromatic nitrogens is 1. The molecule has 0 aromatic carbocycles. The lowest BCUT2D eigenvalue weighted by molar-refractivity contribution is 0.0222. The molecular weight excluding hydrogens is 312 g/mol. The maximum Gasteiger partial charge on any atom is 0.410 e. The fraction of sp³-hybridized carbons (Fsp3) is 0.538. The number of halogens is 1. The van der Waals surface area contributed by atoms with Crippen molar-refractivity contribution in [1.82, 2.24) is 8.49 Å². The van der Waals surface area contributed by atoms with Crippen molar-refractivity contribution in [3.8, 4) is 0 Å². The molecule has 0 aliphatic carbocycles. The number of hydrogen-bond acceptors (Lipinski definition) is 3. The first-order valence-corrected chi connectivity index (χ1v) is 6.87. The Labute approximate surface area is 120 Å². The maximum absolute atomic E-state index is 12.0. The zero-order chi connectivity index (χ0) is 14.2. The summed E-state index contributed by atoms with van der Waals surface area (Å²) in [4.78, 5) is 25.2. The third kappa shape index (κ3) is 3.18. The number of nitrogens with zero attached hydrogens (tertiary/aromatic N) is 2. The second-order valence-corrected chi connectivity index (χ2v) is 6.29. The first kappa shape index (κ1) is 14.1. The molecule has 2 rings (SSSR count). The molecule has 1 aliphatic rings. The van der Waals surface area contributed by atoms with Crippen LogP contribution in [-0.4, -0.2) is 26.7 Å². The van der Waals surface area contributed by atoms with E-state index in [9.17, 15) is 9.59 Å². The van der Waals surface area contributed by atoms with E-state index in [0.717, 1.165) is 11.3 Å². The predicted octanol–water partition coefficient (Wildman–Crippen LogP) is 2.30. The van der Waals surface area contributed by atoms with Gasteiger partial charge in [-0.3, -0.25) is 4.79 Å². The normalized spacial score (nSPS) is 15.1. The third-order valence-electron chi connectivity index (χ3n) is 2.86. The summed E-state index contributed by atoms with van der Waals surface area (Å²) in [6.45, 7) is 6.56. The van der Waals surface area contributed by atoms with Crippen LogP contribution in [0.15, 0.2) is 16.9 Å². The molecule has 6 heteroatoms. The van der Waals surface area contributed by atoms with Crippen molar-refractivity contribution in [3.05, 3.63) is 33.7 Å². The Kier molecular flexibility index (Phi) is 3.71. The molecule has 0 bridgehead atoms. The molecule has 1 aliphatic heterocycles. The number of pyridine rings is 1. The molecule has 0 fully saturated rings. The van der Waals surface area contributed by atoms with Crippen molar-refractivity contribution >= 4 is 22.2 Å². The van der Waals surface area contributed by atoms with Gasteiger partial charge in [-0.2, -0.15) is 0 Å². The molecule has 0 spiro atoms. The van der Waals surface area contributed by atoms with E-state index in [4.69, 9.17) is 4.74 Å². The average molecular weight is 329 g/mol. The molecule has 104 valence electrons. The molecule has 1 aromatic rings. The highest BCUT2D eigenvalue weighted by atomic mass is 79.9. The summed E-state index contributed by atoms with van der Waals surface area (Å²) in [5.41, 5.74) is 1.30. The highest BCUT2D eigenvalue weighted by Crippen LogP contribution is 2.20. The molecule has 0 saturated heterocycles. The van der Waals surface area contributed by atoms with Gasteiger partial charge in [0, 0.05) is 24.7 Å². The van der Waals surface area contributed by atoms with E-state index >= 15 is 0 Å². The Morgan fingerprint density at radius 1 is 1.37 bits per heavy atom. The van der Waals surface area contributed by atoms with Gasteiger partial charge in [0.1, 0.15) is 5.60 Å². The van der Waals surface area contributed by atoms with E-state index in [1.807, 2.05) is 20.8 Å². The molecular formula is C13H17BrN2O3. The summed E-state index contributed by atoms with van der Waals surface area (Å²) in [5.74, 6) is 0. The Morgan fingerprint density at radius 3 is 2.68 bits per heavy atom. The van der Waals surface area contributed by atoms with E-state index in [0.29, 0.717) is 19.5 Å². The number of ether oxygens (including phenoxy) is 1. The van der Waals surface area contributed by atoms with Gasteiger partial charge in [0.2, 0.25) is 0 Å². The number of hydrogen-bond donors (Lipinski definition) is 0. The van der Waals surface area contributed by atoms with E-state index in [1.54, 1.807) is 11.0 Å². The Hall–Kier alpha value is -1.30. The lowest BCUT2D eigenvalue weighted by Gasteiger charge is -2.31. The Balaban J connectivity index is 2.17. The van der Waals surface area contributed by atoms with Crippen molar-refractivity contribution in [2.45, 2.75) is 39.3 Å². The quantitative estimate of drug-likeness (QED) is 0.734. The number of carbonyl (C=O) groups is 1. The van der Waals surface area contributed by atoms with Gasteiger partial charge >= 0.3 is 6.09 Å². The number of rotatable bonds is 0. The van der Waals surface area contributed by atoms with Gasteiger partial charge in [-0.25, -0.2) is 8.39 Å². The van der Waals surface area contributed by atoms with E-state index in [2.05, 4.69) is 16.1 Å². The van der Waals surface area contributed by atoms with Gasteiger partial charge < -0.3 is 9.64 Å². The second-order valence-electron chi connectivity index (χ2n) is 5.58. The third-order valence-corrected chi connectivity index (χ3v) is 3.64. The summed E-state index contributed by atoms with van der Waals surface area (Å²) in [6, 6.07) is 3.26. The van der Waals surface area contributed by atoms with Crippen LogP contribution in [0.2, 0.25) is 0 Å². The Morgan fingerprint density at radius 2 is 2.05 bits per heavy atom. The van der Waals surface area contributed by atoms with Crippen LogP contribution in [0.3, 0.4) is 0 Å². The number of amides is 1. The zero-order valence-electron chi connectivity index (χ0n) is 11.3. The van der Waals surface area contributed by atoms with Gasteiger partial charge in [0.15, 0.2) is 0 Å². The van der Waals surface area contributed by atoms with Crippen molar-refractivity contribution in [3.63, 3.8) is 0 Å². The van der Waals surface area contributed by atoms with Gasteiger partial charge in [0.25, 0.3) is 5.56 Å². The smallest absolute Gasteiger partial charge is 0.410 e. The standard InChI is InChI=1S/C13H17BrN2O3/c1-13(2,3)19-12(18)15-7-6-10-9(8-15)4-5-11(17)16(10)14/h4-5H,6-8H2,1-3H3. The zero-order valence-corrected chi connectivity index (χ0v) is 12.9. The monoisotopic (exact) mass is 328 g/mol. The molecule has 1 aromatic heterocycles. The summed E-state index contributed by atoms with van der Waals surface area (Å²) in [5, 5.41) is 0. The van der Waals surface area contributed by atoms with Crippen molar-refractivity contribution in [2.75, 3.05) is 6.54 Å². The minimum atomic E-state index is -0.494. The van der Waals surface area contributed by atoms with E-state index < -0.39 is 5.60 Å². The largest absolute Gasteiger partial charge is 0.444 e. The molecule has 2 heterocycles. The molecule has 0 atom stereocenters. The van der Waals surface area contributed by atoms with Crippen LogP contribution in [0.4, 0.5) is 4.79 Å². The van der Waals surface area contributed by atoms with Gasteiger partial charge in [-0.15, -0.1) is 0 Å². The number of carbonyl (C=O) groups excluding carboxylic acids is 1. The van der Waals surface area contributed by atoms with Gasteiger partial charge in [0.05, 0.1) is 22.7 Å². The molecule has 1 amide bonds. The molecule has 0 saturated carbocycles. The van der Waals surface area contributed by atoms with Crippen molar-refractivity contribution in [2.24, 2.45) is 0 Å². The Bertz CT molecular complexity index is 560. The first-order valence-electron chi connectivity index (χ1n) is 6.16. The minimum absolute atomic E-state index is 0.0931. The minimum Gasteiger partial charge on any atom is -0.444 e. The molecule has 19 heavy (non-hydrogen) atoms. The highest BCUT2D eigenvalue weighted by molar-refractivity contribution is 9.08. The van der Waals surface area contributed by atoms with Gasteiger partial charge in [-0.1, -0.05) is 0 Å². The van der Waals surface area contributed by atoms with Gasteiger partial charge in [-0.05, 0) is 32.4 Å². The summed E-state index contributed by atoms with van der Waals surface area (Å²) in [6.07, 6.45) is 0.320. The fourth-order valence-corrected chi connectivity index (χ4v) is 2.53. The molecule has 0 unspecified atom stereocenters. The van der Waals surface area contributed by atoms with Crippen molar-refractivity contribution in [1.29, 1.82) is 0 Å². The molecule has 0 radical (unpaired) electrons. The first-order chi connectivity index (χ1) is 8.78. The summed E-state index contributed by atoms with van der Waals surface area (Å²) < 4.78 is 6.82. The maximum atomic E-state index is 12.0. The van der Waals surface area contributed by atoms with Crippen LogP contribution in [0.5, 0.6) is 0 Å². The molecule has 0 N–H and O–H groups in total. The van der Waals surface area contributed by atoms with Crippen LogP contribution in [0.1, 0.15) is 32.0 Å². The predicted molar refractivity (Wildman–Crippen MR) is 75.4 cm³/mol. The summed E-state index contributed by atoms with van der Waals surface area (Å²) in [7, 11) is 0. The average Bonchev–Trinajstić information content (AvgIpc) is 2.31. The van der Waals surface area contributed by atoms with E-state index in [1.165, 1.54) is 9.66 Å². The second kappa shape index (κ2) is 5.00. The van der Waals surface area contributed by atoms with Crippen LogP contribution >= 0.6 is 16.1 Å². The number of fused-ring (bicyclic) bond motifs is 1. The van der Waals surface area contributed by atoms with E-state index in [-0.39, 0.29) is 11.7 Å². The lowest BCUT2D eigenvalue weighted by Crippen LogP contribution is -2.41. The summed E-state index contributed by atoms with van der Waals surface area (Å²) >= 11 is 3.24. The fourth-order valence-electron chi connectivity index (χ4n) is 2.00. The molecule has 5 nitrogen and oxygen atoms in total. The van der Waals surface area contributed by atoms with Crippen LogP contribution in [0.25, 0.3) is 0 Å². The SMILES string of the molecule is CC(C)(C)OC(=O)N1CCc2c(ccc(=O)n2Br)C1. The topological polar surface area (TPSA) is 51.5 Å². The highest BCUT2D eigenvalue weighted by Gasteiger charge is 2.26. The van der Waals surface area contributed by atoms with Crippen LogP contribution in [0, 0.1) is 0 Å². The van der Waals surface area contributed by atoms with Crippen molar-refractivity contribution < 1.29 is 9.53 Å². The van der Waals surface area contributed by atoms with Crippen LogP contribution in [-0.2, 0) is 17.7 Å².